The topological polar surface area (TPSA) is 47.9 Å². The minimum absolute atomic E-state index is 0.284. The summed E-state index contributed by atoms with van der Waals surface area (Å²) < 4.78 is 0. The standard InChI is InChI=1S/C21H30N4O/c1-22-20(25-13-11-21(16-25)9-5-10-21)23-14-17-6-2-3-7-18(17)15-24-12-4-8-19(24)26/h2-3,6-7H,4-5,8-16H2,1H3,(H,22,23). The Bertz CT molecular complexity index is 695. The molecule has 1 N–H and O–H groups in total. The van der Waals surface area contributed by atoms with Gasteiger partial charge in [0, 0.05) is 46.2 Å². The smallest absolute Gasteiger partial charge is 0.222 e. The van der Waals surface area contributed by atoms with E-state index >= 15 is 0 Å². The van der Waals surface area contributed by atoms with Crippen LogP contribution in [0.15, 0.2) is 29.3 Å². The zero-order valence-corrected chi connectivity index (χ0v) is 15.8. The summed E-state index contributed by atoms with van der Waals surface area (Å²) in [5, 5.41) is 3.56. The van der Waals surface area contributed by atoms with Crippen molar-refractivity contribution in [3.63, 3.8) is 0 Å². The van der Waals surface area contributed by atoms with E-state index < -0.39 is 0 Å². The quantitative estimate of drug-likeness (QED) is 0.668. The molecule has 0 bridgehead atoms. The third-order valence-corrected chi connectivity index (χ3v) is 6.45. The zero-order chi connectivity index (χ0) is 18.0. The molecule has 140 valence electrons. The molecule has 2 aliphatic heterocycles. The lowest BCUT2D eigenvalue weighted by Gasteiger charge is -2.38. The van der Waals surface area contributed by atoms with Crippen LogP contribution in [-0.4, -0.2) is 48.3 Å². The van der Waals surface area contributed by atoms with Crippen molar-refractivity contribution in [3.8, 4) is 0 Å². The molecule has 1 aromatic rings. The molecule has 2 heterocycles. The van der Waals surface area contributed by atoms with Crippen LogP contribution in [0, 0.1) is 5.41 Å². The number of guanidine groups is 1. The van der Waals surface area contributed by atoms with E-state index in [0.717, 1.165) is 45.1 Å². The second-order valence-corrected chi connectivity index (χ2v) is 8.11. The Hall–Kier alpha value is -2.04. The number of hydrogen-bond donors (Lipinski definition) is 1. The number of benzene rings is 1. The molecular formula is C21H30N4O. The number of carbonyl (C=O) groups is 1. The molecule has 4 rings (SSSR count). The fourth-order valence-corrected chi connectivity index (χ4v) is 4.67. The maximum absolute atomic E-state index is 12.0. The van der Waals surface area contributed by atoms with Crippen molar-refractivity contribution in [2.45, 2.75) is 51.6 Å². The summed E-state index contributed by atoms with van der Waals surface area (Å²) in [4.78, 5) is 20.9. The van der Waals surface area contributed by atoms with Crippen molar-refractivity contribution in [1.82, 2.24) is 15.1 Å². The molecule has 0 atom stereocenters. The lowest BCUT2D eigenvalue weighted by Crippen LogP contribution is -2.42. The van der Waals surface area contributed by atoms with Gasteiger partial charge in [0.2, 0.25) is 5.91 Å². The van der Waals surface area contributed by atoms with Gasteiger partial charge < -0.3 is 15.1 Å². The van der Waals surface area contributed by atoms with E-state index in [1.165, 1.54) is 36.8 Å². The first kappa shape index (κ1) is 17.4. The second kappa shape index (κ2) is 7.29. The first-order chi connectivity index (χ1) is 12.7. The van der Waals surface area contributed by atoms with E-state index in [2.05, 4.69) is 39.5 Å². The van der Waals surface area contributed by atoms with Crippen LogP contribution in [0.4, 0.5) is 0 Å². The third-order valence-electron chi connectivity index (χ3n) is 6.45. The van der Waals surface area contributed by atoms with Gasteiger partial charge in [-0.1, -0.05) is 30.7 Å². The van der Waals surface area contributed by atoms with Crippen LogP contribution < -0.4 is 5.32 Å². The van der Waals surface area contributed by atoms with Crippen LogP contribution in [-0.2, 0) is 17.9 Å². The lowest BCUT2D eigenvalue weighted by molar-refractivity contribution is -0.128. The SMILES string of the molecule is CN=C(NCc1ccccc1CN1CCCC1=O)N1CCC2(CCC2)C1. The monoisotopic (exact) mass is 354 g/mol. The first-order valence-electron chi connectivity index (χ1n) is 9.99. The fourth-order valence-electron chi connectivity index (χ4n) is 4.67. The molecule has 1 amide bonds. The van der Waals surface area contributed by atoms with E-state index in [1.54, 1.807) is 0 Å². The molecule has 3 aliphatic rings. The van der Waals surface area contributed by atoms with Gasteiger partial charge in [0.15, 0.2) is 5.96 Å². The van der Waals surface area contributed by atoms with Gasteiger partial charge in [-0.15, -0.1) is 0 Å². The summed E-state index contributed by atoms with van der Waals surface area (Å²) in [5.74, 6) is 1.30. The Labute approximate surface area is 156 Å². The van der Waals surface area contributed by atoms with Crippen LogP contribution in [0.3, 0.4) is 0 Å². The van der Waals surface area contributed by atoms with Gasteiger partial charge in [-0.3, -0.25) is 9.79 Å². The largest absolute Gasteiger partial charge is 0.352 e. The molecule has 1 aromatic carbocycles. The lowest BCUT2D eigenvalue weighted by atomic mass is 9.68. The van der Waals surface area contributed by atoms with Crippen LogP contribution in [0.5, 0.6) is 0 Å². The summed E-state index contributed by atoms with van der Waals surface area (Å²) in [7, 11) is 1.88. The molecule has 5 heteroatoms. The molecule has 0 aromatic heterocycles. The number of hydrogen-bond acceptors (Lipinski definition) is 2. The maximum atomic E-state index is 12.0. The van der Waals surface area contributed by atoms with Gasteiger partial charge in [-0.25, -0.2) is 0 Å². The summed E-state index contributed by atoms with van der Waals surface area (Å²) in [6.45, 7) is 4.63. The minimum atomic E-state index is 0.284. The second-order valence-electron chi connectivity index (χ2n) is 8.11. The zero-order valence-electron chi connectivity index (χ0n) is 15.8. The Kier molecular flexibility index (Phi) is 4.88. The normalized spacial score (nSPS) is 22.2. The maximum Gasteiger partial charge on any atom is 0.222 e. The summed E-state index contributed by atoms with van der Waals surface area (Å²) in [5.41, 5.74) is 3.07. The highest BCUT2D eigenvalue weighted by molar-refractivity contribution is 5.80. The predicted octanol–water partition coefficient (Wildman–Crippen LogP) is 2.76. The molecule has 3 fully saturated rings. The number of amides is 1. The van der Waals surface area contributed by atoms with Crippen molar-refractivity contribution >= 4 is 11.9 Å². The summed E-state index contributed by atoms with van der Waals surface area (Å²) in [6, 6.07) is 8.45. The van der Waals surface area contributed by atoms with E-state index in [1.807, 2.05) is 11.9 Å². The molecule has 26 heavy (non-hydrogen) atoms. The number of nitrogens with one attached hydrogen (secondary N) is 1. The van der Waals surface area contributed by atoms with Gasteiger partial charge in [0.1, 0.15) is 0 Å². The number of carbonyl (C=O) groups excluding carboxylic acids is 1. The molecule has 1 spiro atoms. The van der Waals surface area contributed by atoms with Crippen molar-refractivity contribution in [1.29, 1.82) is 0 Å². The number of likely N-dealkylation sites (tertiary alicyclic amines) is 2. The molecule has 1 saturated carbocycles. The average molecular weight is 354 g/mol. The number of aliphatic imine (C=N–C) groups is 1. The Morgan fingerprint density at radius 1 is 1.15 bits per heavy atom. The minimum Gasteiger partial charge on any atom is -0.352 e. The highest BCUT2D eigenvalue weighted by Gasteiger charge is 2.43. The molecule has 5 nitrogen and oxygen atoms in total. The Balaban J connectivity index is 1.38. The van der Waals surface area contributed by atoms with Crippen molar-refractivity contribution in [2.75, 3.05) is 26.7 Å². The molecular weight excluding hydrogens is 324 g/mol. The van der Waals surface area contributed by atoms with E-state index in [4.69, 9.17) is 0 Å². The van der Waals surface area contributed by atoms with E-state index in [9.17, 15) is 4.79 Å². The predicted molar refractivity (Wildman–Crippen MR) is 104 cm³/mol. The first-order valence-corrected chi connectivity index (χ1v) is 9.99. The summed E-state index contributed by atoms with van der Waals surface area (Å²) in [6.07, 6.45) is 7.15. The van der Waals surface area contributed by atoms with Crippen molar-refractivity contribution < 1.29 is 4.79 Å². The number of nitrogens with zero attached hydrogens (tertiary/aromatic N) is 3. The van der Waals surface area contributed by atoms with E-state index in [-0.39, 0.29) is 5.91 Å². The van der Waals surface area contributed by atoms with Crippen molar-refractivity contribution in [2.24, 2.45) is 10.4 Å². The highest BCUT2D eigenvalue weighted by atomic mass is 16.2. The molecule has 0 radical (unpaired) electrons. The molecule has 2 saturated heterocycles. The van der Waals surface area contributed by atoms with Gasteiger partial charge in [-0.2, -0.15) is 0 Å². The third kappa shape index (κ3) is 3.44. The Morgan fingerprint density at radius 3 is 2.58 bits per heavy atom. The van der Waals surface area contributed by atoms with Crippen LogP contribution in [0.2, 0.25) is 0 Å². The van der Waals surface area contributed by atoms with Crippen LogP contribution in [0.25, 0.3) is 0 Å². The van der Waals surface area contributed by atoms with Gasteiger partial charge in [-0.05, 0) is 42.2 Å². The molecule has 1 aliphatic carbocycles. The van der Waals surface area contributed by atoms with Gasteiger partial charge >= 0.3 is 0 Å². The van der Waals surface area contributed by atoms with Crippen molar-refractivity contribution in [3.05, 3.63) is 35.4 Å². The average Bonchev–Trinajstić information content (AvgIpc) is 3.24. The Morgan fingerprint density at radius 2 is 1.96 bits per heavy atom. The summed E-state index contributed by atoms with van der Waals surface area (Å²) >= 11 is 0. The van der Waals surface area contributed by atoms with Gasteiger partial charge in [0.25, 0.3) is 0 Å². The molecule has 0 unspecified atom stereocenters. The highest BCUT2D eigenvalue weighted by Crippen LogP contribution is 2.47. The van der Waals surface area contributed by atoms with Crippen LogP contribution >= 0.6 is 0 Å². The van der Waals surface area contributed by atoms with E-state index in [0.29, 0.717) is 11.8 Å². The van der Waals surface area contributed by atoms with Crippen LogP contribution in [0.1, 0.15) is 49.7 Å². The van der Waals surface area contributed by atoms with Gasteiger partial charge in [0.05, 0.1) is 0 Å². The number of rotatable bonds is 4. The fraction of sp³-hybridized carbons (Fsp3) is 0.619.